The number of nitrogens with zero attached hydrogens (tertiary/aromatic N) is 3. The predicted octanol–water partition coefficient (Wildman–Crippen LogP) is 14.4. The van der Waals surface area contributed by atoms with Gasteiger partial charge in [0.15, 0.2) is 17.5 Å². The largest absolute Gasteiger partial charge is 0.208 e. The maximum Gasteiger partial charge on any atom is 0.165 e. The second kappa shape index (κ2) is 14.1. The molecule has 61 heavy (non-hydrogen) atoms. The van der Waals surface area contributed by atoms with E-state index in [-0.39, 0.29) is 0 Å². The molecule has 0 amide bonds. The summed E-state index contributed by atoms with van der Waals surface area (Å²) in [6, 6.07) is 80.5. The minimum absolute atomic E-state index is 0.498. The van der Waals surface area contributed by atoms with Crippen molar-refractivity contribution in [2.75, 3.05) is 0 Å². The SMILES string of the molecule is c1ccc(-c2ccccc2-c2nc(-c3ccc4c(c3)-c3ccccc3C4(c3ccccc3)c3ccccc3)nc(-c3c4ccccc4cc4c3ccc3ccccc34)n2)cc1. The van der Waals surface area contributed by atoms with Gasteiger partial charge >= 0.3 is 0 Å². The van der Waals surface area contributed by atoms with Crippen molar-refractivity contribution in [2.45, 2.75) is 5.41 Å². The van der Waals surface area contributed by atoms with Gasteiger partial charge in [0, 0.05) is 16.7 Å². The third-order valence-corrected chi connectivity index (χ3v) is 12.6. The van der Waals surface area contributed by atoms with Crippen molar-refractivity contribution in [1.82, 2.24) is 15.0 Å². The number of benzene rings is 10. The molecule has 0 atom stereocenters. The van der Waals surface area contributed by atoms with Crippen molar-refractivity contribution in [3.8, 4) is 56.4 Å². The van der Waals surface area contributed by atoms with Crippen molar-refractivity contribution in [3.05, 3.63) is 247 Å². The zero-order valence-electron chi connectivity index (χ0n) is 33.2. The third kappa shape index (κ3) is 5.48. The zero-order chi connectivity index (χ0) is 40.3. The standard InChI is InChI=1S/C58H37N3/c1-4-18-38(19-5-1)44-26-14-15-30-49(44)56-59-55(60-57(61-56)54-46-28-13-11-21-40(46)36-50-45-27-12-10-20-39(45)32-34-48(50)54)41-33-35-53-51(37-41)47-29-16-17-31-52(47)58(53,42-22-6-2-7-23-42)43-24-8-3-9-25-43/h1-37H. The molecule has 1 aliphatic rings. The summed E-state index contributed by atoms with van der Waals surface area (Å²) in [7, 11) is 0. The normalized spacial score (nSPS) is 12.7. The van der Waals surface area contributed by atoms with E-state index in [1.165, 1.54) is 49.5 Å². The molecule has 3 nitrogen and oxygen atoms in total. The molecule has 10 aromatic carbocycles. The van der Waals surface area contributed by atoms with Gasteiger partial charge in [0.2, 0.25) is 0 Å². The van der Waals surface area contributed by atoms with Crippen LogP contribution in [0.4, 0.5) is 0 Å². The lowest BCUT2D eigenvalue weighted by atomic mass is 9.67. The lowest BCUT2D eigenvalue weighted by Gasteiger charge is -2.33. The molecule has 0 fully saturated rings. The summed E-state index contributed by atoms with van der Waals surface area (Å²) in [6.07, 6.45) is 0. The van der Waals surface area contributed by atoms with Crippen molar-refractivity contribution >= 4 is 32.3 Å². The molecule has 1 aromatic heterocycles. The maximum absolute atomic E-state index is 5.49. The van der Waals surface area contributed by atoms with Crippen LogP contribution in [0.3, 0.4) is 0 Å². The van der Waals surface area contributed by atoms with E-state index in [2.05, 4.69) is 224 Å². The monoisotopic (exact) mass is 775 g/mol. The van der Waals surface area contributed by atoms with Crippen molar-refractivity contribution in [2.24, 2.45) is 0 Å². The highest BCUT2D eigenvalue weighted by atomic mass is 15.0. The van der Waals surface area contributed by atoms with E-state index in [4.69, 9.17) is 15.0 Å². The van der Waals surface area contributed by atoms with Crippen molar-refractivity contribution in [1.29, 1.82) is 0 Å². The van der Waals surface area contributed by atoms with Gasteiger partial charge in [0.1, 0.15) is 0 Å². The summed E-state index contributed by atoms with van der Waals surface area (Å²) in [6.45, 7) is 0. The Labute approximate surface area is 354 Å². The molecule has 0 saturated heterocycles. The molecule has 11 aromatic rings. The number of hydrogen-bond donors (Lipinski definition) is 0. The Balaban J connectivity index is 1.15. The van der Waals surface area contributed by atoms with Crippen LogP contribution < -0.4 is 0 Å². The van der Waals surface area contributed by atoms with E-state index in [0.29, 0.717) is 17.5 Å². The summed E-state index contributed by atoms with van der Waals surface area (Å²) >= 11 is 0. The Morgan fingerprint density at radius 1 is 0.279 bits per heavy atom. The van der Waals surface area contributed by atoms with Crippen LogP contribution >= 0.6 is 0 Å². The molecule has 0 spiro atoms. The Morgan fingerprint density at radius 3 is 1.59 bits per heavy atom. The van der Waals surface area contributed by atoms with Crippen LogP contribution in [0.2, 0.25) is 0 Å². The van der Waals surface area contributed by atoms with Crippen molar-refractivity contribution in [3.63, 3.8) is 0 Å². The van der Waals surface area contributed by atoms with E-state index >= 15 is 0 Å². The predicted molar refractivity (Wildman–Crippen MR) is 251 cm³/mol. The van der Waals surface area contributed by atoms with E-state index in [9.17, 15) is 0 Å². The Morgan fingerprint density at radius 2 is 0.836 bits per heavy atom. The number of aromatic nitrogens is 3. The molecule has 0 unspecified atom stereocenters. The second-order valence-corrected chi connectivity index (χ2v) is 15.9. The van der Waals surface area contributed by atoms with Crippen LogP contribution in [-0.2, 0) is 5.41 Å². The molecule has 0 N–H and O–H groups in total. The van der Waals surface area contributed by atoms with Gasteiger partial charge in [-0.1, -0.05) is 212 Å². The molecule has 3 heteroatoms. The van der Waals surface area contributed by atoms with Gasteiger partial charge in [-0.25, -0.2) is 15.0 Å². The summed E-state index contributed by atoms with van der Waals surface area (Å²) in [4.78, 5) is 16.4. The van der Waals surface area contributed by atoms with Crippen LogP contribution in [0, 0.1) is 0 Å². The fraction of sp³-hybridized carbons (Fsp3) is 0.0172. The third-order valence-electron chi connectivity index (χ3n) is 12.6. The first kappa shape index (κ1) is 35.0. The van der Waals surface area contributed by atoms with Crippen LogP contribution in [0.25, 0.3) is 88.7 Å². The van der Waals surface area contributed by atoms with E-state index in [1.54, 1.807) is 0 Å². The lowest BCUT2D eigenvalue weighted by molar-refractivity contribution is 0.768. The minimum atomic E-state index is -0.498. The van der Waals surface area contributed by atoms with E-state index < -0.39 is 5.41 Å². The summed E-state index contributed by atoms with van der Waals surface area (Å²) in [5.41, 5.74) is 11.9. The first-order valence-corrected chi connectivity index (χ1v) is 20.9. The summed E-state index contributed by atoms with van der Waals surface area (Å²) in [5.74, 6) is 1.90. The molecule has 1 heterocycles. The van der Waals surface area contributed by atoms with Gasteiger partial charge in [-0.2, -0.15) is 0 Å². The van der Waals surface area contributed by atoms with Gasteiger partial charge in [0.25, 0.3) is 0 Å². The van der Waals surface area contributed by atoms with Crippen LogP contribution in [0.5, 0.6) is 0 Å². The van der Waals surface area contributed by atoms with Crippen LogP contribution in [-0.4, -0.2) is 15.0 Å². The first-order chi connectivity index (χ1) is 30.3. The van der Waals surface area contributed by atoms with Gasteiger partial charge in [-0.05, 0) is 89.0 Å². The second-order valence-electron chi connectivity index (χ2n) is 15.9. The Hall–Kier alpha value is -8.01. The quantitative estimate of drug-likeness (QED) is 0.125. The molecule has 12 rings (SSSR count). The molecular formula is C58H37N3. The molecule has 0 saturated carbocycles. The highest BCUT2D eigenvalue weighted by molar-refractivity contribution is 6.19. The lowest BCUT2D eigenvalue weighted by Crippen LogP contribution is -2.28. The topological polar surface area (TPSA) is 38.7 Å². The molecule has 0 aliphatic heterocycles. The smallest absolute Gasteiger partial charge is 0.165 e. The highest BCUT2D eigenvalue weighted by Crippen LogP contribution is 2.56. The van der Waals surface area contributed by atoms with E-state index in [0.717, 1.165) is 44.0 Å². The summed E-state index contributed by atoms with van der Waals surface area (Å²) in [5, 5.41) is 6.92. The number of fused-ring (bicyclic) bond motifs is 7. The fourth-order valence-corrected chi connectivity index (χ4v) is 9.93. The fourth-order valence-electron chi connectivity index (χ4n) is 9.93. The molecule has 1 aliphatic carbocycles. The zero-order valence-corrected chi connectivity index (χ0v) is 33.2. The van der Waals surface area contributed by atoms with Crippen LogP contribution in [0.15, 0.2) is 224 Å². The summed E-state index contributed by atoms with van der Waals surface area (Å²) < 4.78 is 0. The van der Waals surface area contributed by atoms with Gasteiger partial charge in [0.05, 0.1) is 5.41 Å². The van der Waals surface area contributed by atoms with E-state index in [1.807, 2.05) is 0 Å². The Bertz CT molecular complexity index is 3430. The van der Waals surface area contributed by atoms with Gasteiger partial charge < -0.3 is 0 Å². The highest BCUT2D eigenvalue weighted by Gasteiger charge is 2.46. The average Bonchev–Trinajstić information content (AvgIpc) is 3.64. The molecule has 0 bridgehead atoms. The van der Waals surface area contributed by atoms with Gasteiger partial charge in [-0.3, -0.25) is 0 Å². The number of rotatable bonds is 6. The Kier molecular flexibility index (Phi) is 8.07. The van der Waals surface area contributed by atoms with Crippen LogP contribution in [0.1, 0.15) is 22.3 Å². The maximum atomic E-state index is 5.49. The molecule has 284 valence electrons. The number of hydrogen-bond acceptors (Lipinski definition) is 3. The van der Waals surface area contributed by atoms with Gasteiger partial charge in [-0.15, -0.1) is 0 Å². The average molecular weight is 776 g/mol. The molecule has 0 radical (unpaired) electrons. The minimum Gasteiger partial charge on any atom is -0.208 e. The first-order valence-electron chi connectivity index (χ1n) is 20.9. The van der Waals surface area contributed by atoms with Crippen molar-refractivity contribution < 1.29 is 0 Å². The molecular weight excluding hydrogens is 739 g/mol.